The van der Waals surface area contributed by atoms with Crippen LogP contribution in [-0.2, 0) is 4.74 Å². The molecular weight excluding hydrogens is 439 g/mol. The summed E-state index contributed by atoms with van der Waals surface area (Å²) in [5, 5.41) is 6.85. The molecule has 0 spiro atoms. The molecule has 0 aromatic heterocycles. The second-order valence-corrected chi connectivity index (χ2v) is 7.49. The minimum Gasteiger partial charge on any atom is -0.379 e. The van der Waals surface area contributed by atoms with Gasteiger partial charge in [0.2, 0.25) is 0 Å². The number of guanidine groups is 1. The van der Waals surface area contributed by atoms with Gasteiger partial charge >= 0.3 is 0 Å². The first kappa shape index (κ1) is 24.0. The van der Waals surface area contributed by atoms with Crippen molar-refractivity contribution in [2.24, 2.45) is 10.9 Å². The molecule has 2 rings (SSSR count). The smallest absolute Gasteiger partial charge is 0.191 e. The Hall–Kier alpha value is -0.0800. The highest BCUT2D eigenvalue weighted by molar-refractivity contribution is 14.0. The van der Waals surface area contributed by atoms with Gasteiger partial charge in [-0.15, -0.1) is 24.0 Å². The summed E-state index contributed by atoms with van der Waals surface area (Å²) in [6.45, 7) is 10.2. The summed E-state index contributed by atoms with van der Waals surface area (Å²) in [6, 6.07) is 0. The van der Waals surface area contributed by atoms with Gasteiger partial charge in [0.05, 0.1) is 13.2 Å². The third-order valence-electron chi connectivity index (χ3n) is 5.41. The third kappa shape index (κ3) is 10.9. The number of ether oxygens (including phenoxy) is 1. The van der Waals surface area contributed by atoms with E-state index >= 15 is 0 Å². The molecule has 0 bridgehead atoms. The Morgan fingerprint density at radius 2 is 1.81 bits per heavy atom. The maximum Gasteiger partial charge on any atom is 0.191 e. The molecule has 0 aromatic rings. The van der Waals surface area contributed by atoms with Crippen LogP contribution in [0.4, 0.5) is 0 Å². The molecule has 0 radical (unpaired) electrons. The van der Waals surface area contributed by atoms with Crippen LogP contribution in [-0.4, -0.2) is 63.3 Å². The minimum atomic E-state index is 0. The zero-order valence-corrected chi connectivity index (χ0v) is 19.1. The second kappa shape index (κ2) is 15.9. The van der Waals surface area contributed by atoms with E-state index < -0.39 is 0 Å². The van der Waals surface area contributed by atoms with Gasteiger partial charge < -0.3 is 15.4 Å². The normalized spacial score (nSPS) is 19.3. The van der Waals surface area contributed by atoms with E-state index in [9.17, 15) is 0 Å². The highest BCUT2D eigenvalue weighted by atomic mass is 127. The molecular formula is C20H41IN4O. The predicted octanol–water partition coefficient (Wildman–Crippen LogP) is 3.63. The lowest BCUT2D eigenvalue weighted by molar-refractivity contribution is 0.0372. The summed E-state index contributed by atoms with van der Waals surface area (Å²) in [5.41, 5.74) is 0. The first-order chi connectivity index (χ1) is 12.4. The fourth-order valence-electron chi connectivity index (χ4n) is 3.87. The number of nitrogens with zero attached hydrogens (tertiary/aromatic N) is 2. The molecule has 0 amide bonds. The number of nitrogens with one attached hydrogen (secondary N) is 2. The summed E-state index contributed by atoms with van der Waals surface area (Å²) in [6.07, 6.45) is 12.3. The largest absolute Gasteiger partial charge is 0.379 e. The van der Waals surface area contributed by atoms with E-state index in [1.54, 1.807) is 0 Å². The number of rotatable bonds is 11. The Bertz CT molecular complexity index is 356. The van der Waals surface area contributed by atoms with Crippen molar-refractivity contribution < 1.29 is 4.74 Å². The molecule has 2 N–H and O–H groups in total. The molecule has 2 fully saturated rings. The van der Waals surface area contributed by atoms with Crippen LogP contribution in [0.2, 0.25) is 0 Å². The average molecular weight is 480 g/mol. The maximum atomic E-state index is 5.39. The number of halogens is 1. The van der Waals surface area contributed by atoms with Crippen LogP contribution in [0.1, 0.15) is 64.7 Å². The van der Waals surface area contributed by atoms with Crippen molar-refractivity contribution in [3.05, 3.63) is 0 Å². The first-order valence-electron chi connectivity index (χ1n) is 10.7. The first-order valence-corrected chi connectivity index (χ1v) is 10.7. The van der Waals surface area contributed by atoms with Crippen molar-refractivity contribution in [1.29, 1.82) is 0 Å². The van der Waals surface area contributed by atoms with Gasteiger partial charge in [0.15, 0.2) is 5.96 Å². The van der Waals surface area contributed by atoms with Crippen molar-refractivity contribution >= 4 is 29.9 Å². The lowest BCUT2D eigenvalue weighted by Gasteiger charge is -2.26. The van der Waals surface area contributed by atoms with Gasteiger partial charge in [0.1, 0.15) is 0 Å². The van der Waals surface area contributed by atoms with E-state index in [1.165, 1.54) is 64.3 Å². The third-order valence-corrected chi connectivity index (χ3v) is 5.41. The van der Waals surface area contributed by atoms with Crippen molar-refractivity contribution in [2.45, 2.75) is 64.7 Å². The van der Waals surface area contributed by atoms with Gasteiger partial charge in [0.25, 0.3) is 0 Å². The molecule has 26 heavy (non-hydrogen) atoms. The van der Waals surface area contributed by atoms with E-state index in [2.05, 4.69) is 22.5 Å². The monoisotopic (exact) mass is 480 g/mol. The van der Waals surface area contributed by atoms with E-state index in [1.807, 2.05) is 0 Å². The SMILES string of the molecule is CCNC(=NCCCCC1CCCC1)NCCCCN1CCOCC1.I. The van der Waals surface area contributed by atoms with E-state index in [-0.39, 0.29) is 24.0 Å². The van der Waals surface area contributed by atoms with Crippen LogP contribution in [0, 0.1) is 5.92 Å². The number of hydrogen-bond donors (Lipinski definition) is 2. The van der Waals surface area contributed by atoms with Crippen LogP contribution < -0.4 is 10.6 Å². The Morgan fingerprint density at radius 3 is 2.54 bits per heavy atom. The maximum absolute atomic E-state index is 5.39. The lowest BCUT2D eigenvalue weighted by Crippen LogP contribution is -2.39. The number of aliphatic imine (C=N–C) groups is 1. The summed E-state index contributed by atoms with van der Waals surface area (Å²) >= 11 is 0. The van der Waals surface area contributed by atoms with Gasteiger partial charge in [-0.2, -0.15) is 0 Å². The second-order valence-electron chi connectivity index (χ2n) is 7.49. The summed E-state index contributed by atoms with van der Waals surface area (Å²) < 4.78 is 5.39. The summed E-state index contributed by atoms with van der Waals surface area (Å²) in [4.78, 5) is 7.24. The molecule has 1 aliphatic heterocycles. The molecule has 0 atom stereocenters. The zero-order valence-electron chi connectivity index (χ0n) is 16.8. The van der Waals surface area contributed by atoms with Crippen LogP contribution in [0.15, 0.2) is 4.99 Å². The Kier molecular flexibility index (Phi) is 14.7. The van der Waals surface area contributed by atoms with Crippen molar-refractivity contribution in [3.63, 3.8) is 0 Å². The highest BCUT2D eigenvalue weighted by Gasteiger charge is 2.13. The fourth-order valence-corrected chi connectivity index (χ4v) is 3.87. The molecule has 0 aromatic carbocycles. The molecule has 2 aliphatic rings. The molecule has 1 saturated heterocycles. The quantitative estimate of drug-likeness (QED) is 0.205. The van der Waals surface area contributed by atoms with Crippen LogP contribution in [0.5, 0.6) is 0 Å². The Morgan fingerprint density at radius 1 is 1.04 bits per heavy atom. The standard InChI is InChI=1S/C20H40N4O.HI/c1-2-21-20(22-12-6-5-11-19-9-3-4-10-19)23-13-7-8-14-24-15-17-25-18-16-24;/h19H,2-18H2,1H3,(H2,21,22,23);1H. The zero-order chi connectivity index (χ0) is 17.6. The molecule has 0 unspecified atom stereocenters. The number of hydrogen-bond acceptors (Lipinski definition) is 3. The van der Waals surface area contributed by atoms with Crippen LogP contribution in [0.3, 0.4) is 0 Å². The molecule has 5 nitrogen and oxygen atoms in total. The van der Waals surface area contributed by atoms with E-state index in [0.29, 0.717) is 0 Å². The van der Waals surface area contributed by atoms with Crippen molar-refractivity contribution in [2.75, 3.05) is 52.5 Å². The molecule has 6 heteroatoms. The molecule has 1 heterocycles. The number of morpholine rings is 1. The van der Waals surface area contributed by atoms with E-state index in [4.69, 9.17) is 9.73 Å². The molecule has 154 valence electrons. The van der Waals surface area contributed by atoms with Gasteiger partial charge in [-0.1, -0.05) is 38.5 Å². The van der Waals surface area contributed by atoms with E-state index in [0.717, 1.165) is 57.8 Å². The molecule has 1 aliphatic carbocycles. The minimum absolute atomic E-state index is 0. The van der Waals surface area contributed by atoms with Gasteiger partial charge in [0, 0.05) is 32.7 Å². The van der Waals surface area contributed by atoms with Crippen LogP contribution in [0.25, 0.3) is 0 Å². The number of unbranched alkanes of at least 4 members (excludes halogenated alkanes) is 2. The summed E-state index contributed by atoms with van der Waals surface area (Å²) in [5.74, 6) is 2.01. The predicted molar refractivity (Wildman–Crippen MR) is 122 cm³/mol. The topological polar surface area (TPSA) is 48.9 Å². The van der Waals surface area contributed by atoms with Crippen LogP contribution >= 0.6 is 24.0 Å². The van der Waals surface area contributed by atoms with Crippen molar-refractivity contribution in [3.8, 4) is 0 Å². The Labute approximate surface area is 178 Å². The van der Waals surface area contributed by atoms with Gasteiger partial charge in [-0.25, -0.2) is 0 Å². The lowest BCUT2D eigenvalue weighted by atomic mass is 10.0. The molecule has 1 saturated carbocycles. The summed E-state index contributed by atoms with van der Waals surface area (Å²) in [7, 11) is 0. The van der Waals surface area contributed by atoms with Crippen molar-refractivity contribution in [1.82, 2.24) is 15.5 Å². The average Bonchev–Trinajstić information content (AvgIpc) is 3.15. The highest BCUT2D eigenvalue weighted by Crippen LogP contribution is 2.28. The van der Waals surface area contributed by atoms with Gasteiger partial charge in [-0.3, -0.25) is 9.89 Å². The fraction of sp³-hybridized carbons (Fsp3) is 0.950. The Balaban J connectivity index is 0.00000338. The van der Waals surface area contributed by atoms with Gasteiger partial charge in [-0.05, 0) is 38.6 Å².